The Labute approximate surface area is 265 Å². The van der Waals surface area contributed by atoms with Gasteiger partial charge in [0.15, 0.2) is 5.82 Å². The SMILES string of the molecule is Cc1cc2[nH]ncc2c(-c2c(F)cc3c(N4C[C@H]5CC[C@](C)(C4)N5)nc(OC[C@@]45CCCN4C[C@H](F)C5)nc3c2F)c1OC(F)(F)F. The fraction of sp³-hybridized carbons (Fsp3) is 0.531. The van der Waals surface area contributed by atoms with Crippen LogP contribution in [0.3, 0.4) is 0 Å². The number of piperazine rings is 1. The molecule has 4 fully saturated rings. The molecule has 0 saturated carbocycles. The van der Waals surface area contributed by atoms with Gasteiger partial charge in [0.05, 0.1) is 22.8 Å². The largest absolute Gasteiger partial charge is 0.573 e. The van der Waals surface area contributed by atoms with E-state index < -0.39 is 46.6 Å². The van der Waals surface area contributed by atoms with Gasteiger partial charge in [0.25, 0.3) is 0 Å². The van der Waals surface area contributed by atoms with Gasteiger partial charge in [-0.15, -0.1) is 13.2 Å². The lowest BCUT2D eigenvalue weighted by atomic mass is 9.95. The molecule has 0 unspecified atom stereocenters. The Kier molecular flexibility index (Phi) is 6.86. The van der Waals surface area contributed by atoms with E-state index >= 15 is 8.78 Å². The van der Waals surface area contributed by atoms with Crippen molar-refractivity contribution in [3.05, 3.63) is 35.5 Å². The third-order valence-corrected chi connectivity index (χ3v) is 10.3. The summed E-state index contributed by atoms with van der Waals surface area (Å²) in [6.07, 6.45) is -1.19. The van der Waals surface area contributed by atoms with Crippen LogP contribution in [0.25, 0.3) is 32.9 Å². The van der Waals surface area contributed by atoms with Crippen LogP contribution >= 0.6 is 0 Å². The number of aryl methyl sites for hydroxylation is 1. The van der Waals surface area contributed by atoms with E-state index in [4.69, 9.17) is 4.74 Å². The molecule has 0 aliphatic carbocycles. The zero-order chi connectivity index (χ0) is 32.9. The number of hydrogen-bond acceptors (Lipinski definition) is 8. The van der Waals surface area contributed by atoms with Crippen molar-refractivity contribution in [1.82, 2.24) is 30.4 Å². The minimum atomic E-state index is -5.14. The Morgan fingerprint density at radius 3 is 2.70 bits per heavy atom. The molecule has 4 aromatic rings. The van der Waals surface area contributed by atoms with E-state index in [-0.39, 0.29) is 57.4 Å². The van der Waals surface area contributed by atoms with Crippen molar-refractivity contribution in [2.75, 3.05) is 37.7 Å². The molecule has 0 radical (unpaired) electrons. The molecule has 2 aromatic carbocycles. The molecule has 4 aliphatic heterocycles. The summed E-state index contributed by atoms with van der Waals surface area (Å²) in [5.74, 6) is -2.79. The number of hydrogen-bond donors (Lipinski definition) is 2. The first kappa shape index (κ1) is 30.5. The van der Waals surface area contributed by atoms with E-state index in [1.807, 2.05) is 4.90 Å². The number of rotatable bonds is 6. The van der Waals surface area contributed by atoms with Crippen molar-refractivity contribution in [2.45, 2.75) is 75.6 Å². The number of nitrogens with one attached hydrogen (secondary N) is 2. The molecule has 0 amide bonds. The number of H-pyrrole nitrogens is 1. The lowest BCUT2D eigenvalue weighted by Crippen LogP contribution is -2.58. The lowest BCUT2D eigenvalue weighted by molar-refractivity contribution is -0.274. The Bertz CT molecular complexity index is 1900. The number of anilines is 1. The van der Waals surface area contributed by atoms with E-state index in [9.17, 15) is 17.6 Å². The van der Waals surface area contributed by atoms with E-state index in [0.717, 1.165) is 38.3 Å². The second-order valence-electron chi connectivity index (χ2n) is 13.7. The van der Waals surface area contributed by atoms with Crippen molar-refractivity contribution in [1.29, 1.82) is 0 Å². The molecule has 4 aliphatic rings. The summed E-state index contributed by atoms with van der Waals surface area (Å²) < 4.78 is 99.1. The molecule has 2 N–H and O–H groups in total. The third-order valence-electron chi connectivity index (χ3n) is 10.3. The van der Waals surface area contributed by atoms with Crippen LogP contribution in [0.15, 0.2) is 18.3 Å². The fourth-order valence-electron chi connectivity index (χ4n) is 8.35. The van der Waals surface area contributed by atoms with Gasteiger partial charge < -0.3 is 19.7 Å². The number of nitrogens with zero attached hydrogens (tertiary/aromatic N) is 5. The Balaban J connectivity index is 1.30. The van der Waals surface area contributed by atoms with Crippen LogP contribution < -0.4 is 19.7 Å². The normalized spacial score (nSPS) is 27.7. The highest BCUT2D eigenvalue weighted by molar-refractivity contribution is 6.02. The van der Waals surface area contributed by atoms with E-state index in [1.54, 1.807) is 0 Å². The second kappa shape index (κ2) is 10.6. The van der Waals surface area contributed by atoms with Gasteiger partial charge in [-0.2, -0.15) is 15.1 Å². The molecular weight excluding hydrogens is 628 g/mol. The number of alkyl halides is 4. The number of fused-ring (bicyclic) bond motifs is 5. The smallest absolute Gasteiger partial charge is 0.461 e. The van der Waals surface area contributed by atoms with Gasteiger partial charge in [-0.3, -0.25) is 10.00 Å². The van der Waals surface area contributed by atoms with Crippen LogP contribution in [0, 0.1) is 18.6 Å². The zero-order valence-electron chi connectivity index (χ0n) is 25.8. The van der Waals surface area contributed by atoms with Gasteiger partial charge in [-0.05, 0) is 63.8 Å². The number of ether oxygens (including phenoxy) is 2. The van der Waals surface area contributed by atoms with Crippen molar-refractivity contribution >= 4 is 27.6 Å². The quantitative estimate of drug-likeness (QED) is 0.246. The van der Waals surface area contributed by atoms with Crippen molar-refractivity contribution in [2.24, 2.45) is 0 Å². The Morgan fingerprint density at radius 1 is 1.09 bits per heavy atom. The predicted molar refractivity (Wildman–Crippen MR) is 161 cm³/mol. The molecule has 8 rings (SSSR count). The monoisotopic (exact) mass is 661 g/mol. The summed E-state index contributed by atoms with van der Waals surface area (Å²) in [7, 11) is 0. The molecular formula is C32H33F6N7O2. The molecule has 2 bridgehead atoms. The average molecular weight is 662 g/mol. The standard InChI is InChI=1S/C32H33F6N7O2/c1-16-8-22-20(11-39-43-22)23(27(16)47-32(36,37)38)24-21(34)9-19-26(25(24)35)40-29(46-15-31-5-3-7-45(31)12-17(33)10-31)41-28(19)44-13-18-4-6-30(2,14-44)42-18/h8-9,11,17-18,42H,3-7,10,12-15H2,1-2H3,(H,39,43)/t17-,18-,30-,31+/m1/s1. The summed E-state index contributed by atoms with van der Waals surface area (Å²) in [5.41, 5.74) is -2.03. The highest BCUT2D eigenvalue weighted by atomic mass is 19.4. The molecule has 250 valence electrons. The van der Waals surface area contributed by atoms with Gasteiger partial charge in [0.2, 0.25) is 0 Å². The van der Waals surface area contributed by atoms with Gasteiger partial charge >= 0.3 is 12.4 Å². The number of benzene rings is 2. The first-order chi connectivity index (χ1) is 22.3. The first-order valence-corrected chi connectivity index (χ1v) is 15.8. The highest BCUT2D eigenvalue weighted by Crippen LogP contribution is 2.46. The van der Waals surface area contributed by atoms with Crippen molar-refractivity contribution < 1.29 is 35.8 Å². The third kappa shape index (κ3) is 5.12. The van der Waals surface area contributed by atoms with Crippen LogP contribution in [-0.2, 0) is 0 Å². The van der Waals surface area contributed by atoms with Crippen LogP contribution in [0.5, 0.6) is 11.8 Å². The lowest BCUT2D eigenvalue weighted by Gasteiger charge is -2.40. The molecule has 6 heterocycles. The highest BCUT2D eigenvalue weighted by Gasteiger charge is 2.49. The minimum Gasteiger partial charge on any atom is -0.461 e. The minimum absolute atomic E-state index is 0.00647. The van der Waals surface area contributed by atoms with Gasteiger partial charge in [0, 0.05) is 54.0 Å². The topological polar surface area (TPSA) is 91.4 Å². The average Bonchev–Trinajstić information content (AvgIpc) is 3.74. The van der Waals surface area contributed by atoms with Gasteiger partial charge in [-0.25, -0.2) is 13.2 Å². The summed E-state index contributed by atoms with van der Waals surface area (Å²) in [5, 5.41) is 10.2. The molecule has 2 aromatic heterocycles. The molecule has 9 nitrogen and oxygen atoms in total. The van der Waals surface area contributed by atoms with Crippen LogP contribution in [0.1, 0.15) is 44.6 Å². The maximum Gasteiger partial charge on any atom is 0.573 e. The van der Waals surface area contributed by atoms with Crippen LogP contribution in [0.2, 0.25) is 0 Å². The molecule has 4 atom stereocenters. The second-order valence-corrected chi connectivity index (χ2v) is 13.7. The molecule has 15 heteroatoms. The fourth-order valence-corrected chi connectivity index (χ4v) is 8.35. The zero-order valence-corrected chi connectivity index (χ0v) is 25.8. The van der Waals surface area contributed by atoms with E-state index in [0.29, 0.717) is 26.1 Å². The summed E-state index contributed by atoms with van der Waals surface area (Å²) in [6, 6.07) is 2.39. The maximum absolute atomic E-state index is 16.9. The van der Waals surface area contributed by atoms with Gasteiger partial charge in [-0.1, -0.05) is 0 Å². The molecule has 0 spiro atoms. The molecule has 47 heavy (non-hydrogen) atoms. The summed E-state index contributed by atoms with van der Waals surface area (Å²) in [4.78, 5) is 13.1. The number of aromatic amines is 1. The Hall–Kier alpha value is -3.85. The first-order valence-electron chi connectivity index (χ1n) is 15.8. The van der Waals surface area contributed by atoms with Crippen molar-refractivity contribution in [3.63, 3.8) is 0 Å². The van der Waals surface area contributed by atoms with E-state index in [2.05, 4.69) is 42.0 Å². The summed E-state index contributed by atoms with van der Waals surface area (Å²) >= 11 is 0. The Morgan fingerprint density at radius 2 is 1.91 bits per heavy atom. The molecule has 4 saturated heterocycles. The predicted octanol–water partition coefficient (Wildman–Crippen LogP) is 5.94. The maximum atomic E-state index is 16.9. The number of aromatic nitrogens is 4. The number of halogens is 6. The van der Waals surface area contributed by atoms with Crippen LogP contribution in [-0.4, -0.2) is 87.5 Å². The summed E-state index contributed by atoms with van der Waals surface area (Å²) in [6.45, 7) is 5.58. The van der Waals surface area contributed by atoms with Gasteiger partial charge in [0.1, 0.15) is 35.7 Å². The van der Waals surface area contributed by atoms with E-state index in [1.165, 1.54) is 19.2 Å². The van der Waals surface area contributed by atoms with Crippen LogP contribution in [0.4, 0.5) is 32.2 Å². The van der Waals surface area contributed by atoms with Crippen molar-refractivity contribution in [3.8, 4) is 22.9 Å².